The number of aryl methyl sites for hydroxylation is 1. The lowest BCUT2D eigenvalue weighted by atomic mass is 9.86. The van der Waals surface area contributed by atoms with Gasteiger partial charge >= 0.3 is 0 Å². The van der Waals surface area contributed by atoms with Gasteiger partial charge in [0.15, 0.2) is 0 Å². The quantitative estimate of drug-likeness (QED) is 0.842. The van der Waals surface area contributed by atoms with E-state index in [9.17, 15) is 0 Å². The van der Waals surface area contributed by atoms with Gasteiger partial charge in [-0.25, -0.2) is 4.98 Å². The van der Waals surface area contributed by atoms with Gasteiger partial charge in [0.1, 0.15) is 5.82 Å². The maximum absolute atomic E-state index is 4.64. The predicted molar refractivity (Wildman–Crippen MR) is 71.0 cm³/mol. The standard InChI is InChI=1S/C15H20N2/c1-2-6-12(7-3-1)10-11-15-16-13-8-4-5-9-14(13)17-15/h4-5,8-9,12H,1-3,6-7,10-11H2,(H,16,17). The van der Waals surface area contributed by atoms with E-state index in [4.69, 9.17) is 0 Å². The number of hydrogen-bond donors (Lipinski definition) is 1. The summed E-state index contributed by atoms with van der Waals surface area (Å²) in [6, 6.07) is 8.29. The van der Waals surface area contributed by atoms with E-state index in [2.05, 4.69) is 28.2 Å². The molecule has 0 saturated heterocycles. The number of imidazole rings is 1. The molecule has 0 bridgehead atoms. The average molecular weight is 228 g/mol. The SMILES string of the molecule is c1ccc2[nH]c(CCC3CCCCC3)nc2c1. The lowest BCUT2D eigenvalue weighted by molar-refractivity contribution is 0.337. The van der Waals surface area contributed by atoms with Crippen LogP contribution in [0, 0.1) is 5.92 Å². The highest BCUT2D eigenvalue weighted by molar-refractivity contribution is 5.74. The van der Waals surface area contributed by atoms with Crippen LogP contribution in [-0.2, 0) is 6.42 Å². The first kappa shape index (κ1) is 10.8. The Morgan fingerprint density at radius 3 is 2.76 bits per heavy atom. The molecule has 0 spiro atoms. The maximum Gasteiger partial charge on any atom is 0.107 e. The van der Waals surface area contributed by atoms with Gasteiger partial charge in [0, 0.05) is 6.42 Å². The zero-order valence-corrected chi connectivity index (χ0v) is 10.3. The van der Waals surface area contributed by atoms with Gasteiger partial charge in [-0.1, -0.05) is 44.2 Å². The molecule has 1 heterocycles. The van der Waals surface area contributed by atoms with E-state index in [0.29, 0.717) is 0 Å². The number of nitrogens with one attached hydrogen (secondary N) is 1. The number of rotatable bonds is 3. The summed E-state index contributed by atoms with van der Waals surface area (Å²) in [6.45, 7) is 0. The maximum atomic E-state index is 4.64. The Hall–Kier alpha value is -1.31. The van der Waals surface area contributed by atoms with E-state index >= 15 is 0 Å². The molecule has 2 nitrogen and oxygen atoms in total. The number of benzene rings is 1. The third-order valence-corrected chi connectivity index (χ3v) is 3.95. The van der Waals surface area contributed by atoms with E-state index in [0.717, 1.165) is 23.7 Å². The highest BCUT2D eigenvalue weighted by Gasteiger charge is 2.13. The van der Waals surface area contributed by atoms with E-state index in [-0.39, 0.29) is 0 Å². The van der Waals surface area contributed by atoms with E-state index in [1.54, 1.807) is 0 Å². The fraction of sp³-hybridized carbons (Fsp3) is 0.533. The molecule has 90 valence electrons. The largest absolute Gasteiger partial charge is 0.342 e. The van der Waals surface area contributed by atoms with Crippen LogP contribution in [0.2, 0.25) is 0 Å². The van der Waals surface area contributed by atoms with Crippen molar-refractivity contribution in [3.63, 3.8) is 0 Å². The van der Waals surface area contributed by atoms with Gasteiger partial charge in [0.25, 0.3) is 0 Å². The number of aromatic amines is 1. The second-order valence-corrected chi connectivity index (χ2v) is 5.24. The van der Waals surface area contributed by atoms with Crippen LogP contribution in [0.5, 0.6) is 0 Å². The van der Waals surface area contributed by atoms with Crippen molar-refractivity contribution in [3.05, 3.63) is 30.1 Å². The molecular formula is C15H20N2. The van der Waals surface area contributed by atoms with Crippen molar-refractivity contribution in [2.24, 2.45) is 5.92 Å². The smallest absolute Gasteiger partial charge is 0.107 e. The number of H-pyrrole nitrogens is 1. The molecule has 1 N–H and O–H groups in total. The Balaban J connectivity index is 1.64. The summed E-state index contributed by atoms with van der Waals surface area (Å²) in [7, 11) is 0. The van der Waals surface area contributed by atoms with Crippen LogP contribution in [0.4, 0.5) is 0 Å². The van der Waals surface area contributed by atoms with Crippen molar-refractivity contribution in [3.8, 4) is 0 Å². The lowest BCUT2D eigenvalue weighted by Gasteiger charge is -2.20. The molecule has 1 saturated carbocycles. The highest BCUT2D eigenvalue weighted by Crippen LogP contribution is 2.27. The molecular weight excluding hydrogens is 208 g/mol. The fourth-order valence-electron chi connectivity index (χ4n) is 2.94. The van der Waals surface area contributed by atoms with Crippen molar-refractivity contribution in [1.29, 1.82) is 0 Å². The third-order valence-electron chi connectivity index (χ3n) is 3.95. The molecule has 1 aromatic heterocycles. The molecule has 1 aliphatic carbocycles. The van der Waals surface area contributed by atoms with Crippen LogP contribution in [0.3, 0.4) is 0 Å². The van der Waals surface area contributed by atoms with E-state index < -0.39 is 0 Å². The first-order valence-electron chi connectivity index (χ1n) is 6.85. The summed E-state index contributed by atoms with van der Waals surface area (Å²) < 4.78 is 0. The Bertz CT molecular complexity index is 447. The molecule has 1 aliphatic rings. The summed E-state index contributed by atoms with van der Waals surface area (Å²) in [5.41, 5.74) is 2.28. The monoisotopic (exact) mass is 228 g/mol. The van der Waals surface area contributed by atoms with Crippen LogP contribution in [0.15, 0.2) is 24.3 Å². The van der Waals surface area contributed by atoms with Crippen molar-refractivity contribution in [1.82, 2.24) is 9.97 Å². The third kappa shape index (κ3) is 2.51. The van der Waals surface area contributed by atoms with Crippen molar-refractivity contribution in [2.45, 2.75) is 44.9 Å². The normalized spacial score (nSPS) is 17.6. The van der Waals surface area contributed by atoms with Crippen LogP contribution in [0.1, 0.15) is 44.3 Å². The van der Waals surface area contributed by atoms with Crippen LogP contribution in [0.25, 0.3) is 11.0 Å². The molecule has 0 unspecified atom stereocenters. The zero-order chi connectivity index (χ0) is 11.5. The highest BCUT2D eigenvalue weighted by atomic mass is 14.9. The Morgan fingerprint density at radius 1 is 1.12 bits per heavy atom. The molecule has 2 heteroatoms. The second kappa shape index (κ2) is 4.91. The summed E-state index contributed by atoms with van der Waals surface area (Å²) in [6.07, 6.45) is 9.59. The molecule has 0 amide bonds. The second-order valence-electron chi connectivity index (χ2n) is 5.24. The predicted octanol–water partition coefficient (Wildman–Crippen LogP) is 4.08. The number of hydrogen-bond acceptors (Lipinski definition) is 1. The number of fused-ring (bicyclic) bond motifs is 1. The molecule has 17 heavy (non-hydrogen) atoms. The van der Waals surface area contributed by atoms with Crippen LogP contribution < -0.4 is 0 Å². The Kier molecular flexibility index (Phi) is 3.12. The van der Waals surface area contributed by atoms with Gasteiger partial charge in [-0.05, 0) is 24.5 Å². The number of nitrogens with zero attached hydrogens (tertiary/aromatic N) is 1. The molecule has 1 fully saturated rings. The molecule has 1 aromatic carbocycles. The topological polar surface area (TPSA) is 28.7 Å². The van der Waals surface area contributed by atoms with E-state index in [1.807, 2.05) is 6.07 Å². The average Bonchev–Trinajstić information content (AvgIpc) is 2.80. The van der Waals surface area contributed by atoms with Gasteiger partial charge in [-0.15, -0.1) is 0 Å². The minimum Gasteiger partial charge on any atom is -0.342 e. The molecule has 0 aliphatic heterocycles. The lowest BCUT2D eigenvalue weighted by Crippen LogP contribution is -2.07. The molecule has 0 atom stereocenters. The zero-order valence-electron chi connectivity index (χ0n) is 10.3. The van der Waals surface area contributed by atoms with Crippen LogP contribution in [-0.4, -0.2) is 9.97 Å². The minimum absolute atomic E-state index is 0.942. The Labute approximate surface area is 102 Å². The minimum atomic E-state index is 0.942. The first-order valence-corrected chi connectivity index (χ1v) is 6.85. The first-order chi connectivity index (χ1) is 8.42. The van der Waals surface area contributed by atoms with Gasteiger partial charge in [-0.3, -0.25) is 0 Å². The van der Waals surface area contributed by atoms with Crippen molar-refractivity contribution >= 4 is 11.0 Å². The summed E-state index contributed by atoms with van der Waals surface area (Å²) in [4.78, 5) is 8.07. The number of aromatic nitrogens is 2. The molecule has 3 rings (SSSR count). The molecule has 2 aromatic rings. The Morgan fingerprint density at radius 2 is 1.94 bits per heavy atom. The van der Waals surface area contributed by atoms with Gasteiger partial charge in [0.2, 0.25) is 0 Å². The van der Waals surface area contributed by atoms with Gasteiger partial charge in [-0.2, -0.15) is 0 Å². The van der Waals surface area contributed by atoms with Crippen LogP contribution >= 0.6 is 0 Å². The summed E-state index contributed by atoms with van der Waals surface area (Å²) >= 11 is 0. The summed E-state index contributed by atoms with van der Waals surface area (Å²) in [5.74, 6) is 2.11. The van der Waals surface area contributed by atoms with E-state index in [1.165, 1.54) is 44.0 Å². The van der Waals surface area contributed by atoms with Crippen molar-refractivity contribution in [2.75, 3.05) is 0 Å². The van der Waals surface area contributed by atoms with Gasteiger partial charge < -0.3 is 4.98 Å². The number of para-hydroxylation sites is 2. The molecule has 0 radical (unpaired) electrons. The van der Waals surface area contributed by atoms with Crippen molar-refractivity contribution < 1.29 is 0 Å². The van der Waals surface area contributed by atoms with Gasteiger partial charge in [0.05, 0.1) is 11.0 Å². The summed E-state index contributed by atoms with van der Waals surface area (Å²) in [5, 5.41) is 0. The fourth-order valence-corrected chi connectivity index (χ4v) is 2.94.